The standard InChI is InChI=1S/C21H26N6O/c1-5-27(6-2)17-9-12-19(15(3)13-17)24-21-25-20(14-22-26-21)23-16-7-10-18(28-4)11-8-16/h7-14H,5-6H2,1-4H3,(H2,23,24,25,26). The lowest BCUT2D eigenvalue weighted by Gasteiger charge is -2.22. The van der Waals surface area contributed by atoms with Gasteiger partial charge in [-0.25, -0.2) is 0 Å². The zero-order valence-corrected chi connectivity index (χ0v) is 16.7. The molecule has 28 heavy (non-hydrogen) atoms. The molecule has 0 saturated heterocycles. The molecule has 7 nitrogen and oxygen atoms in total. The Morgan fingerprint density at radius 3 is 2.39 bits per heavy atom. The number of aromatic nitrogens is 3. The minimum absolute atomic E-state index is 0.442. The van der Waals surface area contributed by atoms with E-state index in [1.807, 2.05) is 24.3 Å². The molecule has 0 bridgehead atoms. The number of hydrogen-bond acceptors (Lipinski definition) is 7. The van der Waals surface area contributed by atoms with Crippen LogP contribution in [0, 0.1) is 6.92 Å². The van der Waals surface area contributed by atoms with Crippen molar-refractivity contribution < 1.29 is 4.74 Å². The van der Waals surface area contributed by atoms with E-state index in [0.717, 1.165) is 35.8 Å². The lowest BCUT2D eigenvalue weighted by atomic mass is 10.1. The van der Waals surface area contributed by atoms with E-state index in [4.69, 9.17) is 4.74 Å². The SMILES string of the molecule is CCN(CC)c1ccc(Nc2nncc(Nc3ccc(OC)cc3)n2)c(C)c1. The summed E-state index contributed by atoms with van der Waals surface area (Å²) in [5.74, 6) is 1.86. The molecule has 1 heterocycles. The molecular weight excluding hydrogens is 352 g/mol. The Hall–Kier alpha value is -3.35. The van der Waals surface area contributed by atoms with E-state index in [0.29, 0.717) is 11.8 Å². The molecule has 0 atom stereocenters. The Kier molecular flexibility index (Phi) is 6.26. The Morgan fingerprint density at radius 1 is 1.00 bits per heavy atom. The number of nitrogens with zero attached hydrogens (tertiary/aromatic N) is 4. The number of nitrogens with one attached hydrogen (secondary N) is 2. The largest absolute Gasteiger partial charge is 0.497 e. The second-order valence-corrected chi connectivity index (χ2v) is 6.32. The first kappa shape index (κ1) is 19.4. The van der Waals surface area contributed by atoms with E-state index < -0.39 is 0 Å². The van der Waals surface area contributed by atoms with Gasteiger partial charge in [0.15, 0.2) is 5.82 Å². The number of ether oxygens (including phenoxy) is 1. The average molecular weight is 378 g/mol. The predicted molar refractivity (Wildman–Crippen MR) is 114 cm³/mol. The molecule has 2 aromatic carbocycles. The fraction of sp³-hybridized carbons (Fsp3) is 0.286. The van der Waals surface area contributed by atoms with Crippen LogP contribution in [0.1, 0.15) is 19.4 Å². The van der Waals surface area contributed by atoms with Gasteiger partial charge in [0.05, 0.1) is 13.3 Å². The second kappa shape index (κ2) is 9.03. The highest BCUT2D eigenvalue weighted by Gasteiger charge is 2.07. The number of benzene rings is 2. The van der Waals surface area contributed by atoms with Gasteiger partial charge in [0, 0.05) is 30.2 Å². The summed E-state index contributed by atoms with van der Waals surface area (Å²) in [4.78, 5) is 6.81. The topological polar surface area (TPSA) is 75.2 Å². The normalized spacial score (nSPS) is 10.4. The molecule has 146 valence electrons. The molecule has 0 unspecified atom stereocenters. The van der Waals surface area contributed by atoms with Crippen molar-refractivity contribution in [2.24, 2.45) is 0 Å². The van der Waals surface area contributed by atoms with Crippen LogP contribution in [0.15, 0.2) is 48.7 Å². The summed E-state index contributed by atoms with van der Waals surface area (Å²) in [5, 5.41) is 14.6. The molecule has 3 aromatic rings. The van der Waals surface area contributed by atoms with E-state index in [1.165, 1.54) is 5.69 Å². The van der Waals surface area contributed by atoms with Crippen LogP contribution < -0.4 is 20.3 Å². The Balaban J connectivity index is 1.73. The predicted octanol–water partition coefficient (Wildman–Crippen LogP) is 4.52. The van der Waals surface area contributed by atoms with E-state index in [-0.39, 0.29) is 0 Å². The highest BCUT2D eigenvalue weighted by atomic mass is 16.5. The lowest BCUT2D eigenvalue weighted by molar-refractivity contribution is 0.415. The van der Waals surface area contributed by atoms with Crippen LogP contribution in [-0.2, 0) is 0 Å². The van der Waals surface area contributed by atoms with Crippen molar-refractivity contribution in [2.45, 2.75) is 20.8 Å². The third kappa shape index (κ3) is 4.68. The first-order valence-corrected chi connectivity index (χ1v) is 9.36. The zero-order valence-electron chi connectivity index (χ0n) is 16.7. The third-order valence-electron chi connectivity index (χ3n) is 4.51. The number of hydrogen-bond donors (Lipinski definition) is 2. The number of anilines is 5. The zero-order chi connectivity index (χ0) is 19.9. The van der Waals surface area contributed by atoms with Crippen LogP contribution in [0.3, 0.4) is 0 Å². The summed E-state index contributed by atoms with van der Waals surface area (Å²) >= 11 is 0. The van der Waals surface area contributed by atoms with Crippen LogP contribution >= 0.6 is 0 Å². The van der Waals surface area contributed by atoms with Crippen LogP contribution in [0.5, 0.6) is 5.75 Å². The van der Waals surface area contributed by atoms with Crippen molar-refractivity contribution in [2.75, 3.05) is 35.7 Å². The van der Waals surface area contributed by atoms with Crippen molar-refractivity contribution in [1.29, 1.82) is 0 Å². The third-order valence-corrected chi connectivity index (χ3v) is 4.51. The fourth-order valence-corrected chi connectivity index (χ4v) is 2.93. The molecule has 0 aliphatic rings. The summed E-state index contributed by atoms with van der Waals surface area (Å²) < 4.78 is 5.17. The summed E-state index contributed by atoms with van der Waals surface area (Å²) in [7, 11) is 1.64. The summed E-state index contributed by atoms with van der Waals surface area (Å²) in [6.07, 6.45) is 1.59. The smallest absolute Gasteiger partial charge is 0.249 e. The van der Waals surface area contributed by atoms with E-state index in [1.54, 1.807) is 13.3 Å². The van der Waals surface area contributed by atoms with Gasteiger partial charge in [-0.3, -0.25) is 0 Å². The van der Waals surface area contributed by atoms with Crippen LogP contribution in [0.4, 0.5) is 28.8 Å². The molecule has 0 aliphatic heterocycles. The first-order chi connectivity index (χ1) is 13.6. The molecular formula is C21H26N6O. The molecule has 0 saturated carbocycles. The highest BCUT2D eigenvalue weighted by molar-refractivity contribution is 5.65. The van der Waals surface area contributed by atoms with Crippen molar-refractivity contribution in [1.82, 2.24) is 15.2 Å². The van der Waals surface area contributed by atoms with Crippen molar-refractivity contribution in [3.05, 3.63) is 54.2 Å². The van der Waals surface area contributed by atoms with Crippen molar-refractivity contribution >= 4 is 28.8 Å². The van der Waals surface area contributed by atoms with Gasteiger partial charge in [0.25, 0.3) is 0 Å². The quantitative estimate of drug-likeness (QED) is 0.597. The average Bonchev–Trinajstić information content (AvgIpc) is 2.72. The van der Waals surface area contributed by atoms with Crippen molar-refractivity contribution in [3.8, 4) is 5.75 Å². The molecule has 1 aromatic heterocycles. The van der Waals surface area contributed by atoms with Gasteiger partial charge in [-0.05, 0) is 68.8 Å². The van der Waals surface area contributed by atoms with Crippen LogP contribution in [0.2, 0.25) is 0 Å². The molecule has 0 fully saturated rings. The summed E-state index contributed by atoms with van der Waals surface area (Å²) in [5.41, 5.74) is 4.19. The number of rotatable bonds is 8. The lowest BCUT2D eigenvalue weighted by Crippen LogP contribution is -2.21. The molecule has 2 N–H and O–H groups in total. The fourth-order valence-electron chi connectivity index (χ4n) is 2.93. The van der Waals surface area contributed by atoms with Gasteiger partial charge in [-0.1, -0.05) is 0 Å². The molecule has 0 spiro atoms. The van der Waals surface area contributed by atoms with E-state index >= 15 is 0 Å². The minimum atomic E-state index is 0.442. The van der Waals surface area contributed by atoms with Gasteiger partial charge < -0.3 is 20.3 Å². The van der Waals surface area contributed by atoms with E-state index in [2.05, 4.69) is 69.7 Å². The minimum Gasteiger partial charge on any atom is -0.497 e. The molecule has 0 aliphatic carbocycles. The molecule has 0 radical (unpaired) electrons. The molecule has 0 amide bonds. The number of methoxy groups -OCH3 is 1. The van der Waals surface area contributed by atoms with Gasteiger partial charge in [-0.2, -0.15) is 10.1 Å². The van der Waals surface area contributed by atoms with Gasteiger partial charge in [0.2, 0.25) is 5.95 Å². The van der Waals surface area contributed by atoms with Crippen LogP contribution in [0.25, 0.3) is 0 Å². The molecule has 7 heteroatoms. The molecule has 3 rings (SSSR count). The maximum absolute atomic E-state index is 5.17. The summed E-state index contributed by atoms with van der Waals surface area (Å²) in [6, 6.07) is 13.9. The first-order valence-electron chi connectivity index (χ1n) is 9.36. The van der Waals surface area contributed by atoms with Gasteiger partial charge >= 0.3 is 0 Å². The van der Waals surface area contributed by atoms with Gasteiger partial charge in [-0.15, -0.1) is 5.10 Å². The van der Waals surface area contributed by atoms with Crippen molar-refractivity contribution in [3.63, 3.8) is 0 Å². The highest BCUT2D eigenvalue weighted by Crippen LogP contribution is 2.25. The Bertz CT molecular complexity index is 909. The monoisotopic (exact) mass is 378 g/mol. The second-order valence-electron chi connectivity index (χ2n) is 6.32. The Morgan fingerprint density at radius 2 is 1.75 bits per heavy atom. The maximum Gasteiger partial charge on any atom is 0.249 e. The van der Waals surface area contributed by atoms with Gasteiger partial charge in [0.1, 0.15) is 5.75 Å². The Labute approximate surface area is 165 Å². The number of aryl methyl sites for hydroxylation is 1. The summed E-state index contributed by atoms with van der Waals surface area (Å²) in [6.45, 7) is 8.35. The maximum atomic E-state index is 5.17. The van der Waals surface area contributed by atoms with Crippen LogP contribution in [-0.4, -0.2) is 35.4 Å². The van der Waals surface area contributed by atoms with E-state index in [9.17, 15) is 0 Å².